The lowest BCUT2D eigenvalue weighted by molar-refractivity contribution is 0.0704. The molecule has 0 radical (unpaired) electrons. The SMILES string of the molecule is CCC1CCCC(C(O)c2cnc(C)s2)C1. The van der Waals surface area contributed by atoms with Gasteiger partial charge in [-0.25, -0.2) is 4.98 Å². The standard InChI is InChI=1S/C13H21NOS/c1-3-10-5-4-6-11(7-10)13(15)12-8-14-9(2)16-12/h8,10-11,13,15H,3-7H2,1-2H3. The van der Waals surface area contributed by atoms with Crippen LogP contribution in [0.5, 0.6) is 0 Å². The quantitative estimate of drug-likeness (QED) is 0.872. The molecule has 1 aliphatic rings. The Labute approximate surface area is 102 Å². The molecule has 0 amide bonds. The number of hydrogen-bond donors (Lipinski definition) is 1. The Hall–Kier alpha value is -0.410. The zero-order chi connectivity index (χ0) is 11.5. The predicted molar refractivity (Wildman–Crippen MR) is 67.5 cm³/mol. The van der Waals surface area contributed by atoms with Crippen LogP contribution in [-0.4, -0.2) is 10.1 Å². The molecular weight excluding hydrogens is 218 g/mol. The monoisotopic (exact) mass is 239 g/mol. The molecule has 1 N–H and O–H groups in total. The van der Waals surface area contributed by atoms with Gasteiger partial charge < -0.3 is 5.11 Å². The highest BCUT2D eigenvalue weighted by Gasteiger charge is 2.28. The van der Waals surface area contributed by atoms with Gasteiger partial charge in [-0.05, 0) is 31.6 Å². The Balaban J connectivity index is 2.01. The van der Waals surface area contributed by atoms with Crippen molar-refractivity contribution >= 4 is 11.3 Å². The molecule has 1 aliphatic carbocycles. The summed E-state index contributed by atoms with van der Waals surface area (Å²) in [5.41, 5.74) is 0. The first-order valence-corrected chi connectivity index (χ1v) is 7.12. The van der Waals surface area contributed by atoms with Crippen molar-refractivity contribution in [2.75, 3.05) is 0 Å². The second kappa shape index (κ2) is 5.28. The number of nitrogens with zero attached hydrogens (tertiary/aromatic N) is 1. The maximum Gasteiger partial charge on any atom is 0.0926 e. The van der Waals surface area contributed by atoms with E-state index in [9.17, 15) is 5.11 Å². The Kier molecular flexibility index (Phi) is 3.98. The van der Waals surface area contributed by atoms with Gasteiger partial charge in [0.15, 0.2) is 0 Å². The lowest BCUT2D eigenvalue weighted by Crippen LogP contribution is -2.20. The molecule has 1 heterocycles. The third-order valence-corrected chi connectivity index (χ3v) is 4.76. The highest BCUT2D eigenvalue weighted by molar-refractivity contribution is 7.11. The van der Waals surface area contributed by atoms with Gasteiger partial charge in [0.1, 0.15) is 0 Å². The van der Waals surface area contributed by atoms with E-state index >= 15 is 0 Å². The van der Waals surface area contributed by atoms with E-state index in [1.165, 1.54) is 32.1 Å². The summed E-state index contributed by atoms with van der Waals surface area (Å²) in [4.78, 5) is 5.29. The largest absolute Gasteiger partial charge is 0.387 e. The molecule has 16 heavy (non-hydrogen) atoms. The maximum atomic E-state index is 10.3. The average molecular weight is 239 g/mol. The van der Waals surface area contributed by atoms with Gasteiger partial charge in [-0.2, -0.15) is 0 Å². The summed E-state index contributed by atoms with van der Waals surface area (Å²) in [5.74, 6) is 1.28. The number of aromatic nitrogens is 1. The minimum atomic E-state index is -0.277. The molecule has 2 nitrogen and oxygen atoms in total. The van der Waals surface area contributed by atoms with Crippen molar-refractivity contribution in [1.29, 1.82) is 0 Å². The fourth-order valence-electron chi connectivity index (χ4n) is 2.74. The van der Waals surface area contributed by atoms with Gasteiger partial charge in [0.25, 0.3) is 0 Å². The molecule has 3 unspecified atom stereocenters. The van der Waals surface area contributed by atoms with Crippen molar-refractivity contribution in [3.63, 3.8) is 0 Å². The third kappa shape index (κ3) is 2.64. The van der Waals surface area contributed by atoms with Crippen LogP contribution in [-0.2, 0) is 0 Å². The summed E-state index contributed by atoms with van der Waals surface area (Å²) in [6.45, 7) is 4.26. The van der Waals surface area contributed by atoms with E-state index in [1.54, 1.807) is 11.3 Å². The summed E-state index contributed by atoms with van der Waals surface area (Å²) in [7, 11) is 0. The maximum absolute atomic E-state index is 10.3. The van der Waals surface area contributed by atoms with E-state index in [0.717, 1.165) is 15.8 Å². The van der Waals surface area contributed by atoms with E-state index in [0.29, 0.717) is 5.92 Å². The molecule has 0 saturated heterocycles. The molecule has 1 aromatic heterocycles. The molecule has 0 aromatic carbocycles. The van der Waals surface area contributed by atoms with E-state index in [4.69, 9.17) is 0 Å². The highest BCUT2D eigenvalue weighted by atomic mass is 32.1. The molecule has 0 bridgehead atoms. The minimum Gasteiger partial charge on any atom is -0.387 e. The summed E-state index contributed by atoms with van der Waals surface area (Å²) in [6, 6.07) is 0. The summed E-state index contributed by atoms with van der Waals surface area (Å²) in [6.07, 6.45) is 7.81. The smallest absolute Gasteiger partial charge is 0.0926 e. The topological polar surface area (TPSA) is 33.1 Å². The molecule has 1 aromatic rings. The van der Waals surface area contributed by atoms with Crippen LogP contribution in [0.15, 0.2) is 6.20 Å². The normalized spacial score (nSPS) is 27.9. The first-order valence-electron chi connectivity index (χ1n) is 6.31. The van der Waals surface area contributed by atoms with E-state index < -0.39 is 0 Å². The number of hydrogen-bond acceptors (Lipinski definition) is 3. The number of aryl methyl sites for hydroxylation is 1. The summed E-state index contributed by atoms with van der Waals surface area (Å²) >= 11 is 1.64. The van der Waals surface area contributed by atoms with Gasteiger partial charge in [-0.15, -0.1) is 11.3 Å². The summed E-state index contributed by atoms with van der Waals surface area (Å²) in [5, 5.41) is 11.4. The Morgan fingerprint density at radius 3 is 3.00 bits per heavy atom. The van der Waals surface area contributed by atoms with Crippen LogP contribution < -0.4 is 0 Å². The zero-order valence-corrected chi connectivity index (χ0v) is 11.0. The van der Waals surface area contributed by atoms with E-state index in [1.807, 2.05) is 13.1 Å². The molecule has 0 spiro atoms. The Morgan fingerprint density at radius 1 is 1.56 bits per heavy atom. The molecule has 3 heteroatoms. The van der Waals surface area contributed by atoms with Gasteiger partial charge >= 0.3 is 0 Å². The lowest BCUT2D eigenvalue weighted by Gasteiger charge is -2.31. The van der Waals surface area contributed by atoms with E-state index in [2.05, 4.69) is 11.9 Å². The van der Waals surface area contributed by atoms with Gasteiger partial charge in [0.05, 0.1) is 16.0 Å². The van der Waals surface area contributed by atoms with Crippen LogP contribution in [0.3, 0.4) is 0 Å². The van der Waals surface area contributed by atoms with Crippen molar-refractivity contribution < 1.29 is 5.11 Å². The molecule has 3 atom stereocenters. The number of aliphatic hydroxyl groups is 1. The van der Waals surface area contributed by atoms with Crippen LogP contribution in [0.1, 0.15) is 55.0 Å². The van der Waals surface area contributed by atoms with Crippen molar-refractivity contribution in [3.05, 3.63) is 16.1 Å². The van der Waals surface area contributed by atoms with Crippen molar-refractivity contribution in [3.8, 4) is 0 Å². The first kappa shape index (κ1) is 12.1. The van der Waals surface area contributed by atoms with Crippen LogP contribution in [0.4, 0.5) is 0 Å². The Morgan fingerprint density at radius 2 is 2.38 bits per heavy atom. The summed E-state index contributed by atoms with van der Waals surface area (Å²) < 4.78 is 0. The molecule has 2 rings (SSSR count). The second-order valence-electron chi connectivity index (χ2n) is 4.93. The number of thiazole rings is 1. The van der Waals surface area contributed by atoms with Gasteiger partial charge in [0, 0.05) is 6.20 Å². The number of rotatable bonds is 3. The average Bonchev–Trinajstić information content (AvgIpc) is 2.75. The van der Waals surface area contributed by atoms with Crippen molar-refractivity contribution in [2.24, 2.45) is 11.8 Å². The highest BCUT2D eigenvalue weighted by Crippen LogP contribution is 2.39. The molecule has 0 aliphatic heterocycles. The van der Waals surface area contributed by atoms with Crippen LogP contribution in [0, 0.1) is 18.8 Å². The van der Waals surface area contributed by atoms with Gasteiger partial charge in [-0.1, -0.05) is 26.2 Å². The second-order valence-corrected chi connectivity index (χ2v) is 6.19. The minimum absolute atomic E-state index is 0.277. The van der Waals surface area contributed by atoms with E-state index in [-0.39, 0.29) is 6.10 Å². The predicted octanol–water partition coefficient (Wildman–Crippen LogP) is 3.70. The van der Waals surface area contributed by atoms with Gasteiger partial charge in [0.2, 0.25) is 0 Å². The fourth-order valence-corrected chi connectivity index (χ4v) is 3.60. The van der Waals surface area contributed by atoms with Crippen LogP contribution in [0.25, 0.3) is 0 Å². The van der Waals surface area contributed by atoms with Crippen LogP contribution in [0.2, 0.25) is 0 Å². The first-order chi connectivity index (χ1) is 7.70. The molecule has 1 fully saturated rings. The molecule has 1 saturated carbocycles. The lowest BCUT2D eigenvalue weighted by atomic mass is 9.77. The Bertz CT molecular complexity index is 336. The third-order valence-electron chi connectivity index (χ3n) is 3.78. The molecular formula is C13H21NOS. The van der Waals surface area contributed by atoms with Crippen molar-refractivity contribution in [1.82, 2.24) is 4.98 Å². The fraction of sp³-hybridized carbons (Fsp3) is 0.769. The van der Waals surface area contributed by atoms with Crippen molar-refractivity contribution in [2.45, 2.75) is 52.1 Å². The molecule has 90 valence electrons. The van der Waals surface area contributed by atoms with Crippen LogP contribution >= 0.6 is 11.3 Å². The number of aliphatic hydroxyl groups excluding tert-OH is 1. The zero-order valence-electron chi connectivity index (χ0n) is 10.1. The van der Waals surface area contributed by atoms with Gasteiger partial charge in [-0.3, -0.25) is 0 Å².